The minimum Gasteiger partial charge on any atom is -0.389 e. The van der Waals surface area contributed by atoms with Gasteiger partial charge in [-0.25, -0.2) is 4.98 Å². The fourth-order valence-corrected chi connectivity index (χ4v) is 1.82. The van der Waals surface area contributed by atoms with Gasteiger partial charge in [0.05, 0.1) is 10.5 Å². The van der Waals surface area contributed by atoms with Crippen LogP contribution in [0.3, 0.4) is 0 Å². The molecule has 0 bridgehead atoms. The number of likely N-dealkylation sites (N-methyl/N-ethyl adjacent to an activating group) is 1. The molecule has 0 spiro atoms. The van der Waals surface area contributed by atoms with E-state index in [-0.39, 0.29) is 18.1 Å². The van der Waals surface area contributed by atoms with Gasteiger partial charge in [0.2, 0.25) is 5.82 Å². The van der Waals surface area contributed by atoms with E-state index in [1.807, 2.05) is 0 Å². The first-order valence-corrected chi connectivity index (χ1v) is 5.73. The van der Waals surface area contributed by atoms with Crippen molar-refractivity contribution < 1.29 is 10.0 Å². The first kappa shape index (κ1) is 13.9. The molecule has 0 fully saturated rings. The summed E-state index contributed by atoms with van der Waals surface area (Å²) in [6.45, 7) is 3.52. The molecule has 0 saturated carbocycles. The molecule has 0 atom stereocenters. The molecule has 0 aliphatic rings. The maximum atomic E-state index is 10.9. The maximum Gasteiger partial charge on any atom is 0.312 e. The highest BCUT2D eigenvalue weighted by Gasteiger charge is 2.23. The number of nitrogens with zero attached hydrogens (tertiary/aromatic N) is 3. The number of hydrogen-bond acceptors (Lipinski definition) is 5. The Hall–Kier alpha value is -1.21. The number of nitro groups is 1. The molecule has 94 valence electrons. The van der Waals surface area contributed by atoms with Crippen molar-refractivity contribution in [2.75, 3.05) is 18.5 Å². The second kappa shape index (κ2) is 4.97. The van der Waals surface area contributed by atoms with Gasteiger partial charge in [-0.05, 0) is 29.8 Å². The zero-order valence-corrected chi connectivity index (χ0v) is 11.4. The Morgan fingerprint density at radius 3 is 2.71 bits per heavy atom. The summed E-state index contributed by atoms with van der Waals surface area (Å²) in [5, 5.41) is 20.6. The molecule has 7 heteroatoms. The van der Waals surface area contributed by atoms with E-state index in [4.69, 9.17) is 0 Å². The molecular formula is C10H14BrN3O3. The number of aliphatic hydroxyl groups is 1. The summed E-state index contributed by atoms with van der Waals surface area (Å²) in [5.41, 5.74) is -1.04. The molecule has 0 aliphatic heterocycles. The molecule has 1 aromatic rings. The molecule has 17 heavy (non-hydrogen) atoms. The van der Waals surface area contributed by atoms with E-state index in [0.717, 1.165) is 0 Å². The summed E-state index contributed by atoms with van der Waals surface area (Å²) in [5.74, 6) is 0.236. The number of pyridine rings is 1. The van der Waals surface area contributed by atoms with Crippen LogP contribution in [0, 0.1) is 10.1 Å². The smallest absolute Gasteiger partial charge is 0.312 e. The van der Waals surface area contributed by atoms with E-state index in [2.05, 4.69) is 20.9 Å². The highest BCUT2D eigenvalue weighted by atomic mass is 79.9. The second-order valence-electron chi connectivity index (χ2n) is 4.42. The van der Waals surface area contributed by atoms with Crippen LogP contribution >= 0.6 is 15.9 Å². The third kappa shape index (κ3) is 3.94. The average molecular weight is 304 g/mol. The van der Waals surface area contributed by atoms with Gasteiger partial charge >= 0.3 is 5.69 Å². The van der Waals surface area contributed by atoms with Crippen LogP contribution in [0.25, 0.3) is 0 Å². The van der Waals surface area contributed by atoms with Crippen molar-refractivity contribution in [3.63, 3.8) is 0 Å². The molecule has 6 nitrogen and oxygen atoms in total. The third-order valence-corrected chi connectivity index (χ3v) is 2.43. The number of halogens is 1. The first-order chi connectivity index (χ1) is 7.70. The van der Waals surface area contributed by atoms with Crippen molar-refractivity contribution in [1.29, 1.82) is 0 Å². The predicted molar refractivity (Wildman–Crippen MR) is 68.2 cm³/mol. The van der Waals surface area contributed by atoms with Crippen molar-refractivity contribution in [3.05, 3.63) is 26.9 Å². The van der Waals surface area contributed by atoms with Crippen molar-refractivity contribution in [1.82, 2.24) is 4.98 Å². The SMILES string of the molecule is CN(CC(C)(C)O)c1ncc(Br)cc1[N+](=O)[O-]. The quantitative estimate of drug-likeness (QED) is 0.679. The molecule has 0 radical (unpaired) electrons. The van der Waals surface area contributed by atoms with Gasteiger partial charge < -0.3 is 10.0 Å². The number of hydrogen-bond donors (Lipinski definition) is 1. The van der Waals surface area contributed by atoms with E-state index in [1.165, 1.54) is 12.3 Å². The molecule has 0 amide bonds. The predicted octanol–water partition coefficient (Wildman–Crippen LogP) is 1.96. The van der Waals surface area contributed by atoms with Crippen LogP contribution in [0.15, 0.2) is 16.7 Å². The third-order valence-electron chi connectivity index (χ3n) is 2.00. The van der Waals surface area contributed by atoms with Gasteiger partial charge in [0.25, 0.3) is 0 Å². The van der Waals surface area contributed by atoms with E-state index < -0.39 is 10.5 Å². The van der Waals surface area contributed by atoms with E-state index >= 15 is 0 Å². The Labute approximate surface area is 108 Å². The Kier molecular flexibility index (Phi) is 4.05. The highest BCUT2D eigenvalue weighted by molar-refractivity contribution is 9.10. The Morgan fingerprint density at radius 1 is 1.65 bits per heavy atom. The van der Waals surface area contributed by atoms with E-state index in [0.29, 0.717) is 4.47 Å². The van der Waals surface area contributed by atoms with Crippen LogP contribution in [-0.4, -0.2) is 34.2 Å². The molecular weight excluding hydrogens is 290 g/mol. The minimum absolute atomic E-state index is 0.0916. The van der Waals surface area contributed by atoms with Gasteiger partial charge in [0, 0.05) is 30.3 Å². The standard InChI is InChI=1S/C10H14BrN3O3/c1-10(2,15)6-13(3)9-8(14(16)17)4-7(11)5-12-9/h4-5,15H,6H2,1-3H3. The molecule has 0 saturated heterocycles. The monoisotopic (exact) mass is 303 g/mol. The summed E-state index contributed by atoms with van der Waals surface area (Å²) in [6.07, 6.45) is 1.49. The lowest BCUT2D eigenvalue weighted by Crippen LogP contribution is -2.36. The Balaban J connectivity index is 3.09. The molecule has 0 aliphatic carbocycles. The molecule has 0 unspecified atom stereocenters. The lowest BCUT2D eigenvalue weighted by molar-refractivity contribution is -0.384. The summed E-state index contributed by atoms with van der Waals surface area (Å²) < 4.78 is 0.546. The van der Waals surface area contributed by atoms with Crippen LogP contribution in [0.4, 0.5) is 11.5 Å². The molecule has 1 aromatic heterocycles. The maximum absolute atomic E-state index is 10.9. The van der Waals surface area contributed by atoms with Crippen LogP contribution < -0.4 is 4.90 Å². The summed E-state index contributed by atoms with van der Waals surface area (Å²) in [6, 6.07) is 1.39. The number of anilines is 1. The largest absolute Gasteiger partial charge is 0.389 e. The van der Waals surface area contributed by atoms with Crippen LogP contribution in [0.2, 0.25) is 0 Å². The first-order valence-electron chi connectivity index (χ1n) is 4.94. The van der Waals surface area contributed by atoms with Crippen molar-refractivity contribution in [2.45, 2.75) is 19.4 Å². The summed E-state index contributed by atoms with van der Waals surface area (Å²) in [4.78, 5) is 16.0. The molecule has 0 aromatic carbocycles. The van der Waals surface area contributed by atoms with Gasteiger partial charge in [0.1, 0.15) is 0 Å². The number of aromatic nitrogens is 1. The minimum atomic E-state index is -0.947. The summed E-state index contributed by atoms with van der Waals surface area (Å²) in [7, 11) is 1.65. The van der Waals surface area contributed by atoms with E-state index in [1.54, 1.807) is 25.8 Å². The lowest BCUT2D eigenvalue weighted by Gasteiger charge is -2.25. The van der Waals surface area contributed by atoms with Crippen LogP contribution in [-0.2, 0) is 0 Å². The average Bonchev–Trinajstić information content (AvgIpc) is 2.14. The zero-order valence-electron chi connectivity index (χ0n) is 9.85. The fourth-order valence-electron chi connectivity index (χ4n) is 1.51. The van der Waals surface area contributed by atoms with Crippen molar-refractivity contribution >= 4 is 27.4 Å². The normalized spacial score (nSPS) is 11.4. The zero-order chi connectivity index (χ0) is 13.2. The van der Waals surface area contributed by atoms with Crippen molar-refractivity contribution in [3.8, 4) is 0 Å². The Bertz CT molecular complexity index is 431. The van der Waals surface area contributed by atoms with Crippen LogP contribution in [0.1, 0.15) is 13.8 Å². The van der Waals surface area contributed by atoms with Gasteiger partial charge in [-0.2, -0.15) is 0 Å². The van der Waals surface area contributed by atoms with E-state index in [9.17, 15) is 15.2 Å². The topological polar surface area (TPSA) is 79.5 Å². The van der Waals surface area contributed by atoms with Crippen LogP contribution in [0.5, 0.6) is 0 Å². The molecule has 1 heterocycles. The van der Waals surface area contributed by atoms with Gasteiger partial charge in [0.15, 0.2) is 0 Å². The van der Waals surface area contributed by atoms with Gasteiger partial charge in [-0.15, -0.1) is 0 Å². The Morgan fingerprint density at radius 2 is 2.24 bits per heavy atom. The lowest BCUT2D eigenvalue weighted by atomic mass is 10.1. The van der Waals surface area contributed by atoms with Crippen molar-refractivity contribution in [2.24, 2.45) is 0 Å². The number of rotatable bonds is 4. The highest BCUT2D eigenvalue weighted by Crippen LogP contribution is 2.28. The van der Waals surface area contributed by atoms with Gasteiger partial charge in [-0.1, -0.05) is 0 Å². The molecule has 1 rings (SSSR count). The fraction of sp³-hybridized carbons (Fsp3) is 0.500. The molecule has 1 N–H and O–H groups in total. The second-order valence-corrected chi connectivity index (χ2v) is 5.34. The van der Waals surface area contributed by atoms with Gasteiger partial charge in [-0.3, -0.25) is 10.1 Å². The summed E-state index contributed by atoms with van der Waals surface area (Å²) >= 11 is 3.14.